The summed E-state index contributed by atoms with van der Waals surface area (Å²) in [5.74, 6) is -0.249. The van der Waals surface area contributed by atoms with Gasteiger partial charge in [0.05, 0.1) is 10.9 Å². The monoisotopic (exact) mass is 413 g/mol. The number of fused-ring (bicyclic) bond motifs is 1. The van der Waals surface area contributed by atoms with Crippen molar-refractivity contribution in [3.8, 4) is 0 Å². The third-order valence-corrected chi connectivity index (χ3v) is 8.00. The van der Waals surface area contributed by atoms with Gasteiger partial charge < -0.3 is 5.73 Å². The number of aryl methyl sites for hydroxylation is 1. The fourth-order valence-electron chi connectivity index (χ4n) is 4.78. The van der Waals surface area contributed by atoms with Crippen molar-refractivity contribution in [1.29, 1.82) is 0 Å². The van der Waals surface area contributed by atoms with Gasteiger partial charge in [-0.2, -0.15) is 4.31 Å². The Morgan fingerprint density at radius 1 is 0.966 bits per heavy atom. The zero-order valence-corrected chi connectivity index (χ0v) is 17.2. The first kappa shape index (κ1) is 20.1. The molecule has 2 fully saturated rings. The van der Waals surface area contributed by atoms with Crippen LogP contribution in [-0.4, -0.2) is 55.8 Å². The third kappa shape index (κ3) is 4.08. The minimum Gasteiger partial charge on any atom is -0.368 e. The lowest BCUT2D eigenvalue weighted by atomic mass is 9.94. The van der Waals surface area contributed by atoms with Crippen LogP contribution in [0.4, 0.5) is 0 Å². The normalized spacial score (nSPS) is 25.2. The maximum Gasteiger partial charge on any atom is 0.243 e. The molecule has 1 amide bonds. The lowest BCUT2D eigenvalue weighted by Crippen LogP contribution is -2.46. The Morgan fingerprint density at radius 2 is 1.62 bits per heavy atom. The predicted molar refractivity (Wildman–Crippen MR) is 111 cm³/mol. The van der Waals surface area contributed by atoms with E-state index in [4.69, 9.17) is 5.73 Å². The van der Waals surface area contributed by atoms with Crippen LogP contribution in [0.2, 0.25) is 0 Å². The largest absolute Gasteiger partial charge is 0.368 e. The number of sulfonamides is 1. The molecule has 2 aromatic rings. The number of nitrogens with two attached hydrogens (primary N) is 1. The zero-order chi connectivity index (χ0) is 20.4. The van der Waals surface area contributed by atoms with Crippen LogP contribution in [0.1, 0.15) is 12.0 Å². The summed E-state index contributed by atoms with van der Waals surface area (Å²) in [7, 11) is -3.54. The summed E-state index contributed by atoms with van der Waals surface area (Å²) in [6.45, 7) is 2.31. The van der Waals surface area contributed by atoms with Crippen molar-refractivity contribution in [3.63, 3.8) is 0 Å². The summed E-state index contributed by atoms with van der Waals surface area (Å²) >= 11 is 0. The number of benzene rings is 2. The van der Waals surface area contributed by atoms with E-state index >= 15 is 0 Å². The van der Waals surface area contributed by atoms with Crippen LogP contribution in [0.5, 0.6) is 0 Å². The summed E-state index contributed by atoms with van der Waals surface area (Å²) in [6.07, 6.45) is 1.89. The molecule has 0 bridgehead atoms. The minimum absolute atomic E-state index is 0.0392. The number of carbonyl (C=O) groups is 1. The van der Waals surface area contributed by atoms with Gasteiger partial charge in [-0.25, -0.2) is 8.42 Å². The van der Waals surface area contributed by atoms with Crippen molar-refractivity contribution in [1.82, 2.24) is 9.21 Å². The molecular weight excluding hydrogens is 386 g/mol. The molecule has 2 saturated heterocycles. The molecule has 0 aliphatic carbocycles. The first-order valence-electron chi connectivity index (χ1n) is 10.1. The maximum absolute atomic E-state index is 12.9. The van der Waals surface area contributed by atoms with E-state index in [1.807, 2.05) is 18.2 Å². The Bertz CT molecular complexity index is 950. The molecule has 2 heterocycles. The molecule has 2 aliphatic rings. The summed E-state index contributed by atoms with van der Waals surface area (Å²) < 4.78 is 27.4. The number of primary amides is 1. The van der Waals surface area contributed by atoms with Gasteiger partial charge in [-0.05, 0) is 43.0 Å². The molecule has 29 heavy (non-hydrogen) atoms. The summed E-state index contributed by atoms with van der Waals surface area (Å²) in [5.41, 5.74) is 7.02. The Morgan fingerprint density at radius 3 is 2.28 bits per heavy atom. The van der Waals surface area contributed by atoms with E-state index in [9.17, 15) is 13.2 Å². The van der Waals surface area contributed by atoms with Crippen molar-refractivity contribution >= 4 is 15.9 Å². The fourth-order valence-corrected chi connectivity index (χ4v) is 6.34. The van der Waals surface area contributed by atoms with E-state index in [0.29, 0.717) is 24.5 Å². The summed E-state index contributed by atoms with van der Waals surface area (Å²) in [5, 5.41) is 0. The average molecular weight is 414 g/mol. The minimum atomic E-state index is -3.54. The van der Waals surface area contributed by atoms with Gasteiger partial charge in [0.1, 0.15) is 0 Å². The highest BCUT2D eigenvalue weighted by atomic mass is 32.2. The second-order valence-electron chi connectivity index (χ2n) is 7.99. The van der Waals surface area contributed by atoms with Crippen molar-refractivity contribution in [2.24, 2.45) is 17.6 Å². The number of hydrogen-bond donors (Lipinski definition) is 1. The molecule has 2 unspecified atom stereocenters. The van der Waals surface area contributed by atoms with E-state index in [0.717, 1.165) is 19.4 Å². The average Bonchev–Trinajstić information content (AvgIpc) is 3.27. The van der Waals surface area contributed by atoms with Gasteiger partial charge in [-0.3, -0.25) is 9.69 Å². The topological polar surface area (TPSA) is 83.7 Å². The van der Waals surface area contributed by atoms with Crippen LogP contribution in [0.3, 0.4) is 0 Å². The molecule has 0 spiro atoms. The quantitative estimate of drug-likeness (QED) is 0.749. The summed E-state index contributed by atoms with van der Waals surface area (Å²) in [4.78, 5) is 14.7. The van der Waals surface area contributed by atoms with Gasteiger partial charge in [0.2, 0.25) is 15.9 Å². The van der Waals surface area contributed by atoms with Gasteiger partial charge in [0.15, 0.2) is 0 Å². The van der Waals surface area contributed by atoms with Crippen LogP contribution in [0, 0.1) is 11.8 Å². The second-order valence-corrected chi connectivity index (χ2v) is 9.93. The van der Waals surface area contributed by atoms with E-state index < -0.39 is 16.1 Å². The number of carbonyl (C=O) groups excluding carboxylic acids is 1. The molecular formula is C22H27N3O3S. The fraction of sp³-hybridized carbons (Fsp3) is 0.409. The molecule has 0 aromatic heterocycles. The third-order valence-electron chi connectivity index (χ3n) is 6.15. The van der Waals surface area contributed by atoms with Gasteiger partial charge in [0, 0.05) is 25.6 Å². The van der Waals surface area contributed by atoms with Gasteiger partial charge in [0.25, 0.3) is 0 Å². The molecule has 0 radical (unpaired) electrons. The van der Waals surface area contributed by atoms with Gasteiger partial charge in [-0.1, -0.05) is 48.5 Å². The Labute approximate surface area is 172 Å². The lowest BCUT2D eigenvalue weighted by molar-refractivity contribution is -0.123. The van der Waals surface area contributed by atoms with Crippen molar-refractivity contribution < 1.29 is 13.2 Å². The van der Waals surface area contributed by atoms with Crippen LogP contribution in [0.15, 0.2) is 65.6 Å². The first-order valence-corrected chi connectivity index (χ1v) is 11.5. The predicted octanol–water partition coefficient (Wildman–Crippen LogP) is 1.73. The van der Waals surface area contributed by atoms with Crippen LogP contribution >= 0.6 is 0 Å². The summed E-state index contributed by atoms with van der Waals surface area (Å²) in [6, 6.07) is 18.4. The van der Waals surface area contributed by atoms with Crippen molar-refractivity contribution in [3.05, 3.63) is 66.2 Å². The van der Waals surface area contributed by atoms with Crippen molar-refractivity contribution in [2.75, 3.05) is 26.2 Å². The standard InChI is InChI=1S/C22H27N3O3S/c23-22(26)21-20-16-25(29(27,28)19-11-5-2-6-12-19)15-18(20)14-24(21)13-7-10-17-8-3-1-4-9-17/h1-6,8-9,11-12,18,20-21H,7,10,13-16H2,(H2,23,26)/t18?,20-,21?/m1/s1. The molecule has 6 nitrogen and oxygen atoms in total. The number of amides is 1. The van der Waals surface area contributed by atoms with Gasteiger partial charge in [-0.15, -0.1) is 0 Å². The van der Waals surface area contributed by atoms with Crippen LogP contribution in [-0.2, 0) is 21.2 Å². The van der Waals surface area contributed by atoms with E-state index in [2.05, 4.69) is 17.0 Å². The highest BCUT2D eigenvalue weighted by molar-refractivity contribution is 7.89. The Hall–Kier alpha value is -2.22. The zero-order valence-electron chi connectivity index (χ0n) is 16.4. The maximum atomic E-state index is 12.9. The number of likely N-dealkylation sites (tertiary alicyclic amines) is 1. The molecule has 7 heteroatoms. The highest BCUT2D eigenvalue weighted by Gasteiger charge is 2.51. The van der Waals surface area contributed by atoms with E-state index in [1.165, 1.54) is 9.87 Å². The molecule has 2 aliphatic heterocycles. The molecule has 0 saturated carbocycles. The number of rotatable bonds is 7. The Balaban J connectivity index is 1.42. The molecule has 4 rings (SSSR count). The highest BCUT2D eigenvalue weighted by Crippen LogP contribution is 2.38. The Kier molecular flexibility index (Phi) is 5.72. The van der Waals surface area contributed by atoms with Crippen LogP contribution in [0.25, 0.3) is 0 Å². The smallest absolute Gasteiger partial charge is 0.243 e. The molecule has 2 N–H and O–H groups in total. The van der Waals surface area contributed by atoms with E-state index in [1.54, 1.807) is 30.3 Å². The number of hydrogen-bond acceptors (Lipinski definition) is 4. The molecule has 3 atom stereocenters. The molecule has 2 aromatic carbocycles. The van der Waals surface area contributed by atoms with Crippen LogP contribution < -0.4 is 5.73 Å². The SMILES string of the molecule is NC(=O)C1[C@@H]2CN(S(=O)(=O)c3ccccc3)CC2CN1CCCc1ccccc1. The van der Waals surface area contributed by atoms with Crippen molar-refractivity contribution in [2.45, 2.75) is 23.8 Å². The lowest BCUT2D eigenvalue weighted by Gasteiger charge is -2.27. The second kappa shape index (κ2) is 8.26. The van der Waals surface area contributed by atoms with Gasteiger partial charge >= 0.3 is 0 Å². The first-order chi connectivity index (χ1) is 14.0. The number of nitrogens with zero attached hydrogens (tertiary/aromatic N) is 2. The van der Waals surface area contributed by atoms with E-state index in [-0.39, 0.29) is 17.7 Å². The molecule has 154 valence electrons.